The number of nitrogens with one attached hydrogen (secondary N) is 1. The number of aryl methyl sites for hydroxylation is 3. The molecule has 7 heteroatoms. The van der Waals surface area contributed by atoms with Gasteiger partial charge in [0.15, 0.2) is 0 Å². The van der Waals surface area contributed by atoms with E-state index in [2.05, 4.69) is 9.97 Å². The number of aromatic amines is 1. The fourth-order valence-corrected chi connectivity index (χ4v) is 5.01. The van der Waals surface area contributed by atoms with Crippen LogP contribution in [0.5, 0.6) is 5.75 Å². The maximum Gasteiger partial charge on any atom is 0.259 e. The number of aromatic nitrogens is 2. The molecular formula is C23H27N3O3S. The summed E-state index contributed by atoms with van der Waals surface area (Å²) in [5, 5.41) is 0.671. The standard InChI is InChI=1S/C23H27N3O3S/c1-15-16(2)30-23-21(15)22(28)24-19(25-23)10-11-20(27)26-12-6-7-17(13-26)14-29-18-8-4-3-5-9-18/h3-5,8-9,17H,6-7,10-14H2,1-2H3,(H,24,25,28). The van der Waals surface area contributed by atoms with Crippen molar-refractivity contribution in [2.45, 2.75) is 39.5 Å². The van der Waals surface area contributed by atoms with Gasteiger partial charge in [-0.05, 0) is 44.4 Å². The van der Waals surface area contributed by atoms with E-state index in [4.69, 9.17) is 4.74 Å². The number of ether oxygens (including phenoxy) is 1. The first-order valence-corrected chi connectivity index (χ1v) is 11.3. The number of para-hydroxylation sites is 1. The van der Waals surface area contributed by atoms with E-state index >= 15 is 0 Å². The smallest absolute Gasteiger partial charge is 0.259 e. The zero-order chi connectivity index (χ0) is 21.1. The van der Waals surface area contributed by atoms with Crippen molar-refractivity contribution in [2.24, 2.45) is 5.92 Å². The van der Waals surface area contributed by atoms with Crippen LogP contribution in [0.15, 0.2) is 35.1 Å². The largest absolute Gasteiger partial charge is 0.493 e. The zero-order valence-corrected chi connectivity index (χ0v) is 18.3. The summed E-state index contributed by atoms with van der Waals surface area (Å²) in [5.41, 5.74) is 0.879. The van der Waals surface area contributed by atoms with Gasteiger partial charge >= 0.3 is 0 Å². The van der Waals surface area contributed by atoms with E-state index in [1.807, 2.05) is 49.1 Å². The highest BCUT2D eigenvalue weighted by Crippen LogP contribution is 2.26. The summed E-state index contributed by atoms with van der Waals surface area (Å²) >= 11 is 1.53. The lowest BCUT2D eigenvalue weighted by molar-refractivity contribution is -0.133. The minimum Gasteiger partial charge on any atom is -0.493 e. The molecule has 1 aromatic carbocycles. The summed E-state index contributed by atoms with van der Waals surface area (Å²) in [5.74, 6) is 1.91. The van der Waals surface area contributed by atoms with Crippen LogP contribution in [0.4, 0.5) is 0 Å². The molecule has 1 unspecified atom stereocenters. The Morgan fingerprint density at radius 1 is 1.30 bits per heavy atom. The van der Waals surface area contributed by atoms with Crippen LogP contribution in [0.25, 0.3) is 10.2 Å². The number of carbonyl (C=O) groups is 1. The van der Waals surface area contributed by atoms with E-state index in [0.29, 0.717) is 36.6 Å². The summed E-state index contributed by atoms with van der Waals surface area (Å²) in [4.78, 5) is 36.4. The highest BCUT2D eigenvalue weighted by Gasteiger charge is 2.24. The SMILES string of the molecule is Cc1sc2nc(CCC(=O)N3CCCC(COc4ccccc4)C3)[nH]c(=O)c2c1C. The highest BCUT2D eigenvalue weighted by molar-refractivity contribution is 7.18. The van der Waals surface area contributed by atoms with E-state index < -0.39 is 0 Å². The molecule has 3 heterocycles. The Bertz CT molecular complexity index is 1090. The van der Waals surface area contributed by atoms with Crippen molar-refractivity contribution in [1.29, 1.82) is 0 Å². The minimum absolute atomic E-state index is 0.111. The van der Waals surface area contributed by atoms with Gasteiger partial charge in [0.2, 0.25) is 5.91 Å². The predicted octanol–water partition coefficient (Wildman–Crippen LogP) is 3.85. The maximum atomic E-state index is 12.8. The summed E-state index contributed by atoms with van der Waals surface area (Å²) in [6.07, 6.45) is 2.86. The van der Waals surface area contributed by atoms with Gasteiger partial charge < -0.3 is 14.6 Å². The molecule has 4 rings (SSSR count). The number of hydrogen-bond donors (Lipinski definition) is 1. The summed E-state index contributed by atoms with van der Waals surface area (Å²) < 4.78 is 5.88. The molecule has 1 aliphatic rings. The van der Waals surface area contributed by atoms with Gasteiger partial charge in [-0.15, -0.1) is 11.3 Å². The van der Waals surface area contributed by atoms with Crippen LogP contribution in [0, 0.1) is 19.8 Å². The summed E-state index contributed by atoms with van der Waals surface area (Å²) in [6, 6.07) is 9.79. The first-order valence-electron chi connectivity index (χ1n) is 10.5. The van der Waals surface area contributed by atoms with Crippen molar-refractivity contribution in [3.8, 4) is 5.75 Å². The normalized spacial score (nSPS) is 16.7. The molecular weight excluding hydrogens is 398 g/mol. The number of nitrogens with zero attached hydrogens (tertiary/aromatic N) is 2. The topological polar surface area (TPSA) is 75.3 Å². The molecule has 0 saturated carbocycles. The first-order chi connectivity index (χ1) is 14.5. The lowest BCUT2D eigenvalue weighted by Gasteiger charge is -2.32. The number of hydrogen-bond acceptors (Lipinski definition) is 5. The van der Waals surface area contributed by atoms with Crippen LogP contribution in [0.2, 0.25) is 0 Å². The number of carbonyl (C=O) groups excluding carboxylic acids is 1. The van der Waals surface area contributed by atoms with Crippen LogP contribution in [0.1, 0.15) is 35.5 Å². The molecule has 0 radical (unpaired) electrons. The summed E-state index contributed by atoms with van der Waals surface area (Å²) in [6.45, 7) is 6.07. The van der Waals surface area contributed by atoms with E-state index in [1.54, 1.807) is 0 Å². The molecule has 2 aromatic heterocycles. The number of H-pyrrole nitrogens is 1. The van der Waals surface area contributed by atoms with Crippen molar-refractivity contribution in [3.63, 3.8) is 0 Å². The molecule has 1 N–H and O–H groups in total. The van der Waals surface area contributed by atoms with Gasteiger partial charge in [-0.1, -0.05) is 18.2 Å². The fraction of sp³-hybridized carbons (Fsp3) is 0.435. The number of rotatable bonds is 6. The highest BCUT2D eigenvalue weighted by atomic mass is 32.1. The lowest BCUT2D eigenvalue weighted by Crippen LogP contribution is -2.41. The molecule has 158 valence electrons. The molecule has 1 fully saturated rings. The van der Waals surface area contributed by atoms with Crippen LogP contribution < -0.4 is 10.3 Å². The minimum atomic E-state index is -0.111. The third-order valence-electron chi connectivity index (χ3n) is 5.76. The third-order valence-corrected chi connectivity index (χ3v) is 6.87. The Balaban J connectivity index is 1.33. The molecule has 0 aliphatic carbocycles. The van der Waals surface area contributed by atoms with Gasteiger partial charge in [0, 0.05) is 36.7 Å². The maximum absolute atomic E-state index is 12.8. The number of likely N-dealkylation sites (tertiary alicyclic amines) is 1. The number of amides is 1. The van der Waals surface area contributed by atoms with Crippen molar-refractivity contribution in [2.75, 3.05) is 19.7 Å². The average Bonchev–Trinajstić information content (AvgIpc) is 3.05. The second-order valence-corrected chi connectivity index (χ2v) is 9.15. The van der Waals surface area contributed by atoms with E-state index in [9.17, 15) is 9.59 Å². The van der Waals surface area contributed by atoms with E-state index in [1.165, 1.54) is 11.3 Å². The van der Waals surface area contributed by atoms with Gasteiger partial charge in [-0.2, -0.15) is 0 Å². The number of piperidine rings is 1. The Morgan fingerprint density at radius 3 is 2.90 bits per heavy atom. The molecule has 1 aliphatic heterocycles. The van der Waals surface area contributed by atoms with Crippen molar-refractivity contribution in [3.05, 3.63) is 57.0 Å². The van der Waals surface area contributed by atoms with Crippen LogP contribution in [-0.2, 0) is 11.2 Å². The van der Waals surface area contributed by atoms with Gasteiger partial charge in [0.25, 0.3) is 5.56 Å². The van der Waals surface area contributed by atoms with E-state index in [-0.39, 0.29) is 11.5 Å². The number of benzene rings is 1. The molecule has 30 heavy (non-hydrogen) atoms. The molecule has 1 saturated heterocycles. The predicted molar refractivity (Wildman–Crippen MR) is 119 cm³/mol. The van der Waals surface area contributed by atoms with Crippen molar-refractivity contribution >= 4 is 27.5 Å². The quantitative estimate of drug-likeness (QED) is 0.651. The van der Waals surface area contributed by atoms with Gasteiger partial charge in [0.1, 0.15) is 16.4 Å². The molecule has 3 aromatic rings. The van der Waals surface area contributed by atoms with Gasteiger partial charge in [-0.25, -0.2) is 4.98 Å². The fourth-order valence-electron chi connectivity index (χ4n) is 3.96. The number of fused-ring (bicyclic) bond motifs is 1. The summed E-state index contributed by atoms with van der Waals surface area (Å²) in [7, 11) is 0. The number of thiophene rings is 1. The monoisotopic (exact) mass is 425 g/mol. The van der Waals surface area contributed by atoms with Crippen LogP contribution in [-0.4, -0.2) is 40.5 Å². The lowest BCUT2D eigenvalue weighted by atomic mass is 9.98. The molecule has 0 spiro atoms. The Morgan fingerprint density at radius 2 is 2.10 bits per heavy atom. The molecule has 1 atom stereocenters. The Hall–Kier alpha value is -2.67. The van der Waals surface area contributed by atoms with Crippen LogP contribution in [0.3, 0.4) is 0 Å². The van der Waals surface area contributed by atoms with E-state index in [0.717, 1.165) is 47.0 Å². The first kappa shape index (κ1) is 20.6. The Kier molecular flexibility index (Phi) is 6.18. The van der Waals surface area contributed by atoms with Gasteiger partial charge in [0.05, 0.1) is 12.0 Å². The zero-order valence-electron chi connectivity index (χ0n) is 17.4. The molecule has 6 nitrogen and oxygen atoms in total. The average molecular weight is 426 g/mol. The van der Waals surface area contributed by atoms with Crippen molar-refractivity contribution < 1.29 is 9.53 Å². The Labute approximate surface area is 179 Å². The van der Waals surface area contributed by atoms with Crippen LogP contribution >= 0.6 is 11.3 Å². The second kappa shape index (κ2) is 9.00. The molecule has 1 amide bonds. The van der Waals surface area contributed by atoms with Gasteiger partial charge in [-0.3, -0.25) is 9.59 Å². The molecule has 0 bridgehead atoms. The van der Waals surface area contributed by atoms with Crippen molar-refractivity contribution in [1.82, 2.24) is 14.9 Å². The third kappa shape index (κ3) is 4.56. The second-order valence-electron chi connectivity index (χ2n) is 7.95.